The number of carbonyl (C=O) groups is 3. The van der Waals surface area contributed by atoms with E-state index in [-0.39, 0.29) is 17.2 Å². The van der Waals surface area contributed by atoms with Crippen molar-refractivity contribution < 1.29 is 24.6 Å². The van der Waals surface area contributed by atoms with Gasteiger partial charge in [-0.1, -0.05) is 24.3 Å². The van der Waals surface area contributed by atoms with Crippen LogP contribution in [0.15, 0.2) is 48.5 Å². The molecule has 2 aromatic rings. The van der Waals surface area contributed by atoms with Gasteiger partial charge in [0.1, 0.15) is 6.04 Å². The number of hydrogen-bond donors (Lipinski definition) is 5. The van der Waals surface area contributed by atoms with E-state index in [0.29, 0.717) is 31.4 Å². The molecule has 148 valence electrons. The largest absolute Gasteiger partial charge is 0.504 e. The molecule has 0 unspecified atom stereocenters. The van der Waals surface area contributed by atoms with E-state index in [2.05, 4.69) is 10.6 Å². The molecule has 0 fully saturated rings. The number of primary amides is 1. The monoisotopic (exact) mass is 385 g/mol. The van der Waals surface area contributed by atoms with E-state index in [1.807, 2.05) is 0 Å². The van der Waals surface area contributed by atoms with Gasteiger partial charge < -0.3 is 26.6 Å². The zero-order chi connectivity index (χ0) is 20.5. The summed E-state index contributed by atoms with van der Waals surface area (Å²) in [7, 11) is 0. The first-order chi connectivity index (χ1) is 13.4. The number of phenolic OH excluding ortho intramolecular Hbond substituents is 2. The van der Waals surface area contributed by atoms with E-state index in [0.717, 1.165) is 0 Å². The minimum Gasteiger partial charge on any atom is -0.504 e. The fraction of sp³-hybridized carbons (Fsp3) is 0.250. The van der Waals surface area contributed by atoms with Crippen molar-refractivity contribution in [2.75, 3.05) is 6.54 Å². The van der Waals surface area contributed by atoms with Crippen molar-refractivity contribution in [3.8, 4) is 11.5 Å². The fourth-order valence-corrected chi connectivity index (χ4v) is 2.60. The molecule has 0 aliphatic heterocycles. The molecule has 6 N–H and O–H groups in total. The van der Waals surface area contributed by atoms with Crippen molar-refractivity contribution in [3.63, 3.8) is 0 Å². The van der Waals surface area contributed by atoms with Gasteiger partial charge in [0.15, 0.2) is 11.5 Å². The Morgan fingerprint density at radius 2 is 1.64 bits per heavy atom. The molecule has 0 heterocycles. The average molecular weight is 385 g/mol. The first kappa shape index (κ1) is 20.8. The maximum Gasteiger partial charge on any atom is 0.255 e. The smallest absolute Gasteiger partial charge is 0.255 e. The maximum absolute atomic E-state index is 12.1. The molecule has 0 aliphatic carbocycles. The molecule has 8 nitrogen and oxygen atoms in total. The SMILES string of the molecule is NC(=O)[C@H](CCCCNC(=O)c1cccc(O)c1O)NC(=O)c1ccccc1. The van der Waals surface area contributed by atoms with Crippen LogP contribution in [0.5, 0.6) is 11.5 Å². The second-order valence-corrected chi connectivity index (χ2v) is 6.22. The molecule has 0 saturated carbocycles. The van der Waals surface area contributed by atoms with Gasteiger partial charge in [-0.15, -0.1) is 0 Å². The molecule has 0 aromatic heterocycles. The summed E-state index contributed by atoms with van der Waals surface area (Å²) in [6, 6.07) is 11.8. The third-order valence-corrected chi connectivity index (χ3v) is 4.15. The minimum absolute atomic E-state index is 0.0230. The number of nitrogens with two attached hydrogens (primary N) is 1. The van der Waals surface area contributed by atoms with Crippen LogP contribution in [0.25, 0.3) is 0 Å². The van der Waals surface area contributed by atoms with Gasteiger partial charge in [-0.05, 0) is 43.5 Å². The Morgan fingerprint density at radius 3 is 2.32 bits per heavy atom. The van der Waals surface area contributed by atoms with E-state index in [1.165, 1.54) is 18.2 Å². The van der Waals surface area contributed by atoms with Crippen LogP contribution < -0.4 is 16.4 Å². The zero-order valence-electron chi connectivity index (χ0n) is 15.2. The predicted molar refractivity (Wildman–Crippen MR) is 103 cm³/mol. The van der Waals surface area contributed by atoms with Gasteiger partial charge in [0.25, 0.3) is 11.8 Å². The normalized spacial score (nSPS) is 11.4. The van der Waals surface area contributed by atoms with Crippen LogP contribution in [0.2, 0.25) is 0 Å². The van der Waals surface area contributed by atoms with E-state index < -0.39 is 23.6 Å². The van der Waals surface area contributed by atoms with Gasteiger partial charge in [0.05, 0.1) is 5.56 Å². The van der Waals surface area contributed by atoms with Crippen LogP contribution in [0.3, 0.4) is 0 Å². The number of aromatic hydroxyl groups is 2. The molecule has 28 heavy (non-hydrogen) atoms. The quantitative estimate of drug-likeness (QED) is 0.326. The van der Waals surface area contributed by atoms with Gasteiger partial charge in [-0.2, -0.15) is 0 Å². The lowest BCUT2D eigenvalue weighted by atomic mass is 10.1. The number of para-hydroxylation sites is 1. The van der Waals surface area contributed by atoms with Gasteiger partial charge in [0, 0.05) is 12.1 Å². The first-order valence-electron chi connectivity index (χ1n) is 8.84. The van der Waals surface area contributed by atoms with E-state index in [4.69, 9.17) is 5.73 Å². The molecule has 0 aliphatic rings. The van der Waals surface area contributed by atoms with Crippen LogP contribution in [-0.2, 0) is 4.79 Å². The third kappa shape index (κ3) is 5.73. The molecule has 0 bridgehead atoms. The first-order valence-corrected chi connectivity index (χ1v) is 8.84. The third-order valence-electron chi connectivity index (χ3n) is 4.15. The molecular weight excluding hydrogens is 362 g/mol. The molecule has 0 saturated heterocycles. The van der Waals surface area contributed by atoms with Crippen LogP contribution in [0.4, 0.5) is 0 Å². The average Bonchev–Trinajstić information content (AvgIpc) is 2.69. The second kappa shape index (κ2) is 9.96. The summed E-state index contributed by atoms with van der Waals surface area (Å²) in [6.45, 7) is 0.298. The molecule has 2 aromatic carbocycles. The van der Waals surface area contributed by atoms with Crippen molar-refractivity contribution >= 4 is 17.7 Å². The zero-order valence-corrected chi connectivity index (χ0v) is 15.2. The number of unbranched alkanes of at least 4 members (excludes halogenated alkanes) is 1. The number of hydrogen-bond acceptors (Lipinski definition) is 5. The summed E-state index contributed by atoms with van der Waals surface area (Å²) in [4.78, 5) is 35.7. The lowest BCUT2D eigenvalue weighted by Crippen LogP contribution is -2.44. The molecule has 0 spiro atoms. The molecule has 0 radical (unpaired) electrons. The Bertz CT molecular complexity index is 839. The van der Waals surface area contributed by atoms with Gasteiger partial charge in [-0.25, -0.2) is 0 Å². The summed E-state index contributed by atoms with van der Waals surface area (Å²) in [5.41, 5.74) is 5.77. The Hall–Kier alpha value is -3.55. The Morgan fingerprint density at radius 1 is 0.929 bits per heavy atom. The highest BCUT2D eigenvalue weighted by molar-refractivity contribution is 5.98. The summed E-state index contributed by atoms with van der Waals surface area (Å²) in [5, 5.41) is 24.3. The number of phenols is 2. The number of rotatable bonds is 9. The summed E-state index contributed by atoms with van der Waals surface area (Å²) >= 11 is 0. The Kier molecular flexibility index (Phi) is 7.38. The van der Waals surface area contributed by atoms with Crippen LogP contribution >= 0.6 is 0 Å². The maximum atomic E-state index is 12.1. The summed E-state index contributed by atoms with van der Waals surface area (Å²) < 4.78 is 0. The van der Waals surface area contributed by atoms with Gasteiger partial charge in [-0.3, -0.25) is 14.4 Å². The lowest BCUT2D eigenvalue weighted by Gasteiger charge is -2.15. The molecular formula is C20H23N3O5. The van der Waals surface area contributed by atoms with Gasteiger partial charge >= 0.3 is 0 Å². The predicted octanol–water partition coefficient (Wildman–Crippen LogP) is 1.28. The number of nitrogens with one attached hydrogen (secondary N) is 2. The minimum atomic E-state index is -0.807. The summed E-state index contributed by atoms with van der Waals surface area (Å²) in [5.74, 6) is -2.36. The van der Waals surface area contributed by atoms with Crippen LogP contribution in [0, 0.1) is 0 Å². The molecule has 1 atom stereocenters. The number of amides is 3. The fourth-order valence-electron chi connectivity index (χ4n) is 2.60. The van der Waals surface area contributed by atoms with Crippen molar-refractivity contribution in [2.24, 2.45) is 5.73 Å². The molecule has 8 heteroatoms. The molecule has 3 amide bonds. The topological polar surface area (TPSA) is 142 Å². The number of carbonyl (C=O) groups excluding carboxylic acids is 3. The van der Waals surface area contributed by atoms with E-state index in [1.54, 1.807) is 30.3 Å². The Labute approximate surface area is 162 Å². The van der Waals surface area contributed by atoms with Crippen molar-refractivity contribution in [2.45, 2.75) is 25.3 Å². The van der Waals surface area contributed by atoms with Gasteiger partial charge in [0.2, 0.25) is 5.91 Å². The highest BCUT2D eigenvalue weighted by Crippen LogP contribution is 2.27. The standard InChI is InChI=1S/C20H23N3O5/c21-18(26)15(23-19(27)13-7-2-1-3-8-13)10-4-5-12-22-20(28)14-9-6-11-16(24)17(14)25/h1-3,6-9,11,15,24-25H,4-5,10,12H2,(H2,21,26)(H,22,28)(H,23,27)/t15-/m0/s1. The lowest BCUT2D eigenvalue weighted by molar-refractivity contribution is -0.120. The molecule has 2 rings (SSSR count). The van der Waals surface area contributed by atoms with E-state index in [9.17, 15) is 24.6 Å². The summed E-state index contributed by atoms with van der Waals surface area (Å²) in [6.07, 6.45) is 1.41. The van der Waals surface area contributed by atoms with Crippen molar-refractivity contribution in [1.29, 1.82) is 0 Å². The van der Waals surface area contributed by atoms with Crippen molar-refractivity contribution in [3.05, 3.63) is 59.7 Å². The highest BCUT2D eigenvalue weighted by Gasteiger charge is 2.18. The Balaban J connectivity index is 1.77. The second-order valence-electron chi connectivity index (χ2n) is 6.22. The van der Waals surface area contributed by atoms with Crippen LogP contribution in [-0.4, -0.2) is 40.5 Å². The highest BCUT2D eigenvalue weighted by atomic mass is 16.3. The van der Waals surface area contributed by atoms with E-state index >= 15 is 0 Å². The number of benzene rings is 2. The van der Waals surface area contributed by atoms with Crippen LogP contribution in [0.1, 0.15) is 40.0 Å². The van der Waals surface area contributed by atoms with Crippen molar-refractivity contribution in [1.82, 2.24) is 10.6 Å².